The number of pyridine rings is 1. The SMILES string of the molecule is O=c1cc(-c2cc(Cl)c(Cl)cc2Cl)c(C(F)(F)F)c[nH]1. The number of nitrogens with one attached hydrogen (secondary N) is 1. The van der Waals surface area contributed by atoms with E-state index in [0.717, 1.165) is 6.07 Å². The molecule has 20 heavy (non-hydrogen) atoms. The van der Waals surface area contributed by atoms with Crippen LogP contribution in [-0.2, 0) is 6.18 Å². The topological polar surface area (TPSA) is 32.9 Å². The molecule has 2 rings (SSSR count). The van der Waals surface area contributed by atoms with Gasteiger partial charge in [0.05, 0.1) is 15.6 Å². The van der Waals surface area contributed by atoms with Crippen molar-refractivity contribution in [3.05, 3.63) is 55.4 Å². The van der Waals surface area contributed by atoms with Crippen molar-refractivity contribution in [2.24, 2.45) is 0 Å². The number of rotatable bonds is 1. The molecule has 0 bridgehead atoms. The van der Waals surface area contributed by atoms with E-state index >= 15 is 0 Å². The average Bonchev–Trinajstić information content (AvgIpc) is 2.32. The molecule has 2 aromatic rings. The van der Waals surface area contributed by atoms with Crippen molar-refractivity contribution in [1.29, 1.82) is 0 Å². The molecule has 0 aliphatic rings. The lowest BCUT2D eigenvalue weighted by atomic mass is 10.0. The molecule has 2 nitrogen and oxygen atoms in total. The number of hydrogen-bond acceptors (Lipinski definition) is 1. The molecule has 0 unspecified atom stereocenters. The summed E-state index contributed by atoms with van der Waals surface area (Å²) >= 11 is 17.4. The highest BCUT2D eigenvalue weighted by Crippen LogP contribution is 2.40. The first kappa shape index (κ1) is 15.2. The quantitative estimate of drug-likeness (QED) is 0.725. The van der Waals surface area contributed by atoms with Crippen molar-refractivity contribution in [3.63, 3.8) is 0 Å². The predicted octanol–water partition coefficient (Wildman–Crippen LogP) is 5.02. The van der Waals surface area contributed by atoms with E-state index in [2.05, 4.69) is 0 Å². The molecule has 0 saturated carbocycles. The van der Waals surface area contributed by atoms with Crippen molar-refractivity contribution in [2.75, 3.05) is 0 Å². The van der Waals surface area contributed by atoms with Gasteiger partial charge in [0.2, 0.25) is 5.56 Å². The van der Waals surface area contributed by atoms with Gasteiger partial charge in [-0.25, -0.2) is 0 Å². The van der Waals surface area contributed by atoms with Crippen molar-refractivity contribution in [3.8, 4) is 11.1 Å². The number of aromatic amines is 1. The van der Waals surface area contributed by atoms with Gasteiger partial charge in [-0.2, -0.15) is 13.2 Å². The lowest BCUT2D eigenvalue weighted by Gasteiger charge is -2.14. The highest BCUT2D eigenvalue weighted by Gasteiger charge is 2.34. The van der Waals surface area contributed by atoms with Crippen molar-refractivity contribution in [2.45, 2.75) is 6.18 Å². The minimum Gasteiger partial charge on any atom is -0.328 e. The Balaban J connectivity index is 2.79. The smallest absolute Gasteiger partial charge is 0.328 e. The van der Waals surface area contributed by atoms with E-state index in [9.17, 15) is 18.0 Å². The standard InChI is InChI=1S/C12H5Cl3F3NO/c13-8-3-10(15)9(14)1-6(8)5-2-11(20)19-4-7(5)12(16,17)18/h1-4H,(H,19,20). The van der Waals surface area contributed by atoms with E-state index in [4.69, 9.17) is 34.8 Å². The van der Waals surface area contributed by atoms with E-state index in [0.29, 0.717) is 6.20 Å². The molecule has 1 heterocycles. The Morgan fingerprint density at radius 1 is 0.900 bits per heavy atom. The van der Waals surface area contributed by atoms with E-state index in [-0.39, 0.29) is 26.2 Å². The van der Waals surface area contributed by atoms with Crippen LogP contribution < -0.4 is 5.56 Å². The van der Waals surface area contributed by atoms with Crippen LogP contribution in [0, 0.1) is 0 Å². The number of benzene rings is 1. The molecule has 0 spiro atoms. The summed E-state index contributed by atoms with van der Waals surface area (Å²) in [4.78, 5) is 13.3. The molecule has 1 aromatic carbocycles. The Morgan fingerprint density at radius 3 is 2.10 bits per heavy atom. The van der Waals surface area contributed by atoms with Gasteiger partial charge < -0.3 is 4.98 Å². The van der Waals surface area contributed by atoms with Crippen LogP contribution in [0.1, 0.15) is 5.56 Å². The molecule has 0 fully saturated rings. The third kappa shape index (κ3) is 2.95. The summed E-state index contributed by atoms with van der Waals surface area (Å²) in [6, 6.07) is 3.23. The fourth-order valence-corrected chi connectivity index (χ4v) is 2.31. The number of hydrogen-bond donors (Lipinski definition) is 1. The Bertz CT molecular complexity index is 725. The average molecular weight is 343 g/mol. The van der Waals surface area contributed by atoms with E-state index in [1.807, 2.05) is 4.98 Å². The van der Waals surface area contributed by atoms with Crippen LogP contribution in [0.2, 0.25) is 15.1 Å². The molecule has 0 aliphatic heterocycles. The summed E-state index contributed by atoms with van der Waals surface area (Å²) in [5.41, 5.74) is -2.07. The second-order valence-electron chi connectivity index (χ2n) is 3.87. The van der Waals surface area contributed by atoms with Gasteiger partial charge in [0, 0.05) is 28.4 Å². The second kappa shape index (κ2) is 5.31. The summed E-state index contributed by atoms with van der Waals surface area (Å²) in [5, 5.41) is 0.119. The van der Waals surface area contributed by atoms with Crippen LogP contribution in [0.3, 0.4) is 0 Å². The maximum atomic E-state index is 13.0. The zero-order chi connectivity index (χ0) is 15.1. The summed E-state index contributed by atoms with van der Waals surface area (Å²) in [5.74, 6) is 0. The zero-order valence-electron chi connectivity index (χ0n) is 9.49. The van der Waals surface area contributed by atoms with E-state index < -0.39 is 17.3 Å². The molecule has 0 amide bonds. The predicted molar refractivity (Wildman–Crippen MR) is 72.5 cm³/mol. The summed E-state index contributed by atoms with van der Waals surface area (Å²) < 4.78 is 38.9. The molecule has 0 radical (unpaired) electrons. The minimum atomic E-state index is -4.64. The normalized spacial score (nSPS) is 11.7. The fourth-order valence-electron chi connectivity index (χ4n) is 1.66. The minimum absolute atomic E-state index is 0.0144. The molecule has 0 atom stereocenters. The van der Waals surface area contributed by atoms with Crippen molar-refractivity contribution < 1.29 is 13.2 Å². The van der Waals surface area contributed by atoms with E-state index in [1.165, 1.54) is 12.1 Å². The summed E-state index contributed by atoms with van der Waals surface area (Å²) in [7, 11) is 0. The van der Waals surface area contributed by atoms with Gasteiger partial charge >= 0.3 is 6.18 Å². The molecular weight excluding hydrogens is 337 g/mol. The number of aromatic nitrogens is 1. The lowest BCUT2D eigenvalue weighted by molar-refractivity contribution is -0.137. The monoisotopic (exact) mass is 341 g/mol. The Labute approximate surface area is 126 Å². The highest BCUT2D eigenvalue weighted by atomic mass is 35.5. The maximum Gasteiger partial charge on any atom is 0.418 e. The second-order valence-corrected chi connectivity index (χ2v) is 5.09. The van der Waals surface area contributed by atoms with Crippen LogP contribution in [0.4, 0.5) is 13.2 Å². The van der Waals surface area contributed by atoms with Gasteiger partial charge in [0.15, 0.2) is 0 Å². The highest BCUT2D eigenvalue weighted by molar-refractivity contribution is 6.44. The molecule has 1 aromatic heterocycles. The number of H-pyrrole nitrogens is 1. The molecule has 1 N–H and O–H groups in total. The van der Waals surface area contributed by atoms with Crippen LogP contribution >= 0.6 is 34.8 Å². The van der Waals surface area contributed by atoms with Crippen LogP contribution in [0.5, 0.6) is 0 Å². The Kier molecular flexibility index (Phi) is 4.04. The van der Waals surface area contributed by atoms with Gasteiger partial charge in [-0.15, -0.1) is 0 Å². The first-order valence-corrected chi connectivity index (χ1v) is 6.28. The molecule has 0 saturated heterocycles. The first-order valence-electron chi connectivity index (χ1n) is 5.15. The van der Waals surface area contributed by atoms with Gasteiger partial charge in [0.1, 0.15) is 0 Å². The molecule has 8 heteroatoms. The van der Waals surface area contributed by atoms with Gasteiger partial charge in [-0.05, 0) is 12.1 Å². The fraction of sp³-hybridized carbons (Fsp3) is 0.0833. The molecule has 106 valence electrons. The summed E-state index contributed by atoms with van der Waals surface area (Å²) in [6.45, 7) is 0. The maximum absolute atomic E-state index is 13.0. The number of halogens is 6. The molecular formula is C12H5Cl3F3NO. The van der Waals surface area contributed by atoms with Gasteiger partial charge in [-0.3, -0.25) is 4.79 Å². The molecule has 0 aliphatic carbocycles. The zero-order valence-corrected chi connectivity index (χ0v) is 11.8. The number of alkyl halides is 3. The Morgan fingerprint density at radius 2 is 1.50 bits per heavy atom. The Hall–Kier alpha value is -1.17. The first-order chi connectivity index (χ1) is 9.20. The van der Waals surface area contributed by atoms with Crippen LogP contribution in [0.25, 0.3) is 11.1 Å². The van der Waals surface area contributed by atoms with Gasteiger partial charge in [0.25, 0.3) is 0 Å². The van der Waals surface area contributed by atoms with Crippen molar-refractivity contribution >= 4 is 34.8 Å². The van der Waals surface area contributed by atoms with E-state index in [1.54, 1.807) is 0 Å². The van der Waals surface area contributed by atoms with Crippen molar-refractivity contribution in [1.82, 2.24) is 4.98 Å². The summed E-state index contributed by atoms with van der Waals surface area (Å²) in [6.07, 6.45) is -4.05. The van der Waals surface area contributed by atoms with Crippen LogP contribution in [0.15, 0.2) is 29.2 Å². The largest absolute Gasteiger partial charge is 0.418 e. The third-order valence-corrected chi connectivity index (χ3v) is 3.56. The third-order valence-electron chi connectivity index (χ3n) is 2.53. The van der Waals surface area contributed by atoms with Crippen LogP contribution in [-0.4, -0.2) is 4.98 Å². The van der Waals surface area contributed by atoms with Gasteiger partial charge in [-0.1, -0.05) is 34.8 Å². The lowest BCUT2D eigenvalue weighted by Crippen LogP contribution is -2.13.